The first-order chi connectivity index (χ1) is 11.8. The molecule has 0 saturated carbocycles. The van der Waals surface area contributed by atoms with Crippen LogP contribution in [0.4, 0.5) is 0 Å². The van der Waals surface area contributed by atoms with Gasteiger partial charge in [0.2, 0.25) is 0 Å². The van der Waals surface area contributed by atoms with E-state index >= 15 is 0 Å². The molecule has 136 valence electrons. The van der Waals surface area contributed by atoms with Gasteiger partial charge in [-0.2, -0.15) is 5.10 Å². The van der Waals surface area contributed by atoms with Crippen molar-refractivity contribution in [3.8, 4) is 10.6 Å². The van der Waals surface area contributed by atoms with Crippen LogP contribution in [0.3, 0.4) is 0 Å². The molecule has 2 aromatic heterocycles. The first-order valence-electron chi connectivity index (χ1n) is 8.04. The number of methoxy groups -OCH3 is 1. The summed E-state index contributed by atoms with van der Waals surface area (Å²) in [6.07, 6.45) is 0.770. The fraction of sp³-hybridized carbons (Fsp3) is 0.529. The van der Waals surface area contributed by atoms with E-state index in [9.17, 15) is 9.59 Å². The summed E-state index contributed by atoms with van der Waals surface area (Å²) in [6.45, 7) is 6.72. The summed E-state index contributed by atoms with van der Waals surface area (Å²) in [6, 6.07) is 0. The number of hydrogen-bond acceptors (Lipinski definition) is 6. The van der Waals surface area contributed by atoms with Crippen molar-refractivity contribution >= 4 is 17.2 Å². The lowest BCUT2D eigenvalue weighted by atomic mass is 10.1. The second kappa shape index (κ2) is 7.88. The van der Waals surface area contributed by atoms with Crippen molar-refractivity contribution in [1.29, 1.82) is 0 Å². The van der Waals surface area contributed by atoms with Gasteiger partial charge in [-0.25, -0.2) is 9.67 Å². The van der Waals surface area contributed by atoms with Crippen LogP contribution in [0, 0.1) is 20.8 Å². The molecule has 0 atom stereocenters. The zero-order valence-corrected chi connectivity index (χ0v) is 16.4. The Balaban J connectivity index is 2.39. The van der Waals surface area contributed by atoms with Crippen LogP contribution in [0.25, 0.3) is 10.6 Å². The van der Waals surface area contributed by atoms with E-state index in [-0.39, 0.29) is 11.5 Å². The molecule has 0 saturated heterocycles. The summed E-state index contributed by atoms with van der Waals surface area (Å²) in [5.74, 6) is -0.0855. The van der Waals surface area contributed by atoms with Crippen LogP contribution in [0.2, 0.25) is 0 Å². The molecule has 0 fully saturated rings. The van der Waals surface area contributed by atoms with E-state index in [1.165, 1.54) is 16.0 Å². The highest BCUT2D eigenvalue weighted by molar-refractivity contribution is 7.17. The van der Waals surface area contributed by atoms with E-state index in [4.69, 9.17) is 4.74 Å². The molecule has 0 aliphatic heterocycles. The number of carbonyl (C=O) groups excluding carboxylic acids is 1. The average Bonchev–Trinajstić information content (AvgIpc) is 2.94. The summed E-state index contributed by atoms with van der Waals surface area (Å²) in [4.78, 5) is 31.9. The van der Waals surface area contributed by atoms with Gasteiger partial charge in [-0.3, -0.25) is 9.59 Å². The molecule has 0 unspecified atom stereocenters. The molecule has 0 N–H and O–H groups in total. The molecular formula is C17H24N4O3S. The van der Waals surface area contributed by atoms with E-state index in [1.807, 2.05) is 13.8 Å². The Morgan fingerprint density at radius 1 is 1.28 bits per heavy atom. The van der Waals surface area contributed by atoms with Gasteiger partial charge in [0.05, 0.1) is 17.0 Å². The first-order valence-corrected chi connectivity index (χ1v) is 8.86. The number of aromatic nitrogens is 3. The summed E-state index contributed by atoms with van der Waals surface area (Å²) in [5, 5.41) is 4.75. The molecule has 2 rings (SSSR count). The fourth-order valence-corrected chi connectivity index (χ4v) is 3.68. The maximum absolute atomic E-state index is 12.7. The number of ether oxygens (including phenoxy) is 1. The lowest BCUT2D eigenvalue weighted by Crippen LogP contribution is -2.28. The normalized spacial score (nSPS) is 11.0. The van der Waals surface area contributed by atoms with Crippen LogP contribution < -0.4 is 5.56 Å². The maximum Gasteiger partial charge on any atom is 0.277 e. The highest BCUT2D eigenvalue weighted by Crippen LogP contribution is 2.29. The highest BCUT2D eigenvalue weighted by Gasteiger charge is 2.22. The highest BCUT2D eigenvalue weighted by atomic mass is 32.1. The van der Waals surface area contributed by atoms with Crippen LogP contribution in [0.1, 0.15) is 33.0 Å². The van der Waals surface area contributed by atoms with Crippen molar-refractivity contribution in [1.82, 2.24) is 19.7 Å². The van der Waals surface area contributed by atoms with E-state index in [0.717, 1.165) is 17.7 Å². The molecule has 0 bridgehead atoms. The Morgan fingerprint density at radius 3 is 2.60 bits per heavy atom. The lowest BCUT2D eigenvalue weighted by Gasteiger charge is -2.16. The van der Waals surface area contributed by atoms with Crippen LogP contribution in [-0.2, 0) is 11.8 Å². The van der Waals surface area contributed by atoms with Crippen LogP contribution in [0.5, 0.6) is 0 Å². The number of amides is 1. The van der Waals surface area contributed by atoms with Crippen molar-refractivity contribution in [2.45, 2.75) is 27.2 Å². The van der Waals surface area contributed by atoms with Gasteiger partial charge in [0.15, 0.2) is 0 Å². The molecule has 7 nitrogen and oxygen atoms in total. The van der Waals surface area contributed by atoms with E-state index in [1.54, 1.807) is 33.0 Å². The van der Waals surface area contributed by atoms with E-state index in [2.05, 4.69) is 10.1 Å². The SMILES string of the molecule is COCCCN(C)C(=O)c1sc(-c2c(C)c(C)nn(C)c2=O)nc1C. The third-order valence-corrected chi connectivity index (χ3v) is 5.28. The molecule has 2 heterocycles. The number of hydrogen-bond donors (Lipinski definition) is 0. The van der Waals surface area contributed by atoms with Crippen molar-refractivity contribution in [3.63, 3.8) is 0 Å². The van der Waals surface area contributed by atoms with Gasteiger partial charge in [-0.05, 0) is 32.8 Å². The molecule has 0 radical (unpaired) electrons. The van der Waals surface area contributed by atoms with Crippen LogP contribution in [-0.4, -0.2) is 52.9 Å². The Kier molecular flexibility index (Phi) is 6.07. The molecule has 0 aliphatic rings. The summed E-state index contributed by atoms with van der Waals surface area (Å²) in [7, 11) is 5.02. The second-order valence-corrected chi connectivity index (χ2v) is 7.02. The molecule has 0 aromatic carbocycles. The molecule has 25 heavy (non-hydrogen) atoms. The molecular weight excluding hydrogens is 340 g/mol. The van der Waals surface area contributed by atoms with Crippen LogP contribution >= 0.6 is 11.3 Å². The van der Waals surface area contributed by atoms with Gasteiger partial charge in [0.1, 0.15) is 9.88 Å². The fourth-order valence-electron chi connectivity index (χ4n) is 2.52. The lowest BCUT2D eigenvalue weighted by molar-refractivity contribution is 0.0783. The minimum Gasteiger partial charge on any atom is -0.385 e. The monoisotopic (exact) mass is 364 g/mol. The first kappa shape index (κ1) is 19.3. The van der Waals surface area contributed by atoms with Crippen molar-refractivity contribution in [2.24, 2.45) is 7.05 Å². The van der Waals surface area contributed by atoms with Gasteiger partial charge in [-0.15, -0.1) is 11.3 Å². The topological polar surface area (TPSA) is 77.3 Å². The van der Waals surface area contributed by atoms with Gasteiger partial charge < -0.3 is 9.64 Å². The quantitative estimate of drug-likeness (QED) is 0.732. The van der Waals surface area contributed by atoms with Crippen molar-refractivity contribution in [2.75, 3.05) is 27.3 Å². The van der Waals surface area contributed by atoms with Gasteiger partial charge in [-0.1, -0.05) is 0 Å². The number of nitrogens with zero attached hydrogens (tertiary/aromatic N) is 4. The zero-order chi connectivity index (χ0) is 18.7. The zero-order valence-electron chi connectivity index (χ0n) is 15.5. The number of carbonyl (C=O) groups is 1. The predicted molar refractivity (Wildman–Crippen MR) is 98.3 cm³/mol. The summed E-state index contributed by atoms with van der Waals surface area (Å²) >= 11 is 1.26. The Hall–Kier alpha value is -2.06. The molecule has 0 spiro atoms. The standard InChI is InChI=1S/C17H24N4O3S/c1-10-11(2)19-21(5)16(22)13(10)15-18-12(3)14(25-15)17(23)20(4)8-7-9-24-6/h7-9H2,1-6H3. The summed E-state index contributed by atoms with van der Waals surface area (Å²) in [5.41, 5.74) is 2.52. The predicted octanol–water partition coefficient (Wildman–Crippen LogP) is 1.94. The summed E-state index contributed by atoms with van der Waals surface area (Å²) < 4.78 is 6.33. The van der Waals surface area contributed by atoms with E-state index < -0.39 is 0 Å². The smallest absolute Gasteiger partial charge is 0.277 e. The molecule has 8 heteroatoms. The second-order valence-electron chi connectivity index (χ2n) is 6.02. The Bertz CT molecular complexity index is 841. The minimum absolute atomic E-state index is 0.0855. The maximum atomic E-state index is 12.7. The number of rotatable bonds is 6. The molecule has 1 amide bonds. The minimum atomic E-state index is -0.204. The van der Waals surface area contributed by atoms with Gasteiger partial charge in [0.25, 0.3) is 11.5 Å². The molecule has 2 aromatic rings. The third-order valence-electron chi connectivity index (χ3n) is 4.12. The average molecular weight is 364 g/mol. The van der Waals surface area contributed by atoms with Gasteiger partial charge >= 0.3 is 0 Å². The van der Waals surface area contributed by atoms with Crippen molar-refractivity contribution in [3.05, 3.63) is 32.2 Å². The molecule has 0 aliphatic carbocycles. The number of aryl methyl sites for hydroxylation is 3. The largest absolute Gasteiger partial charge is 0.385 e. The third kappa shape index (κ3) is 3.96. The number of thiazole rings is 1. The van der Waals surface area contributed by atoms with Crippen molar-refractivity contribution < 1.29 is 9.53 Å². The Morgan fingerprint density at radius 2 is 1.96 bits per heavy atom. The van der Waals surface area contributed by atoms with Gasteiger partial charge in [0, 0.05) is 34.4 Å². The van der Waals surface area contributed by atoms with Crippen LogP contribution in [0.15, 0.2) is 4.79 Å². The van der Waals surface area contributed by atoms with E-state index in [0.29, 0.717) is 34.3 Å². The Labute approximate surface area is 151 Å².